The van der Waals surface area contributed by atoms with Crippen LogP contribution < -0.4 is 4.90 Å². The van der Waals surface area contributed by atoms with Gasteiger partial charge in [-0.25, -0.2) is 0 Å². The van der Waals surface area contributed by atoms with E-state index in [1.54, 1.807) is 6.92 Å². The Kier molecular flexibility index (Phi) is 4.47. The van der Waals surface area contributed by atoms with Gasteiger partial charge < -0.3 is 10.0 Å². The van der Waals surface area contributed by atoms with E-state index >= 15 is 0 Å². The van der Waals surface area contributed by atoms with Crippen molar-refractivity contribution < 1.29 is 10.0 Å². The van der Waals surface area contributed by atoms with Gasteiger partial charge in [-0.15, -0.1) is 11.3 Å². The highest BCUT2D eigenvalue weighted by molar-refractivity contribution is 7.16. The van der Waals surface area contributed by atoms with Gasteiger partial charge in [0.05, 0.1) is 11.0 Å². The summed E-state index contributed by atoms with van der Waals surface area (Å²) in [7, 11) is 0. The van der Waals surface area contributed by atoms with E-state index in [1.807, 2.05) is 25.7 Å². The number of hydrogen-bond donors (Lipinski definition) is 1. The number of rotatable bonds is 5. The highest BCUT2D eigenvalue weighted by atomic mass is 32.1. The largest absolute Gasteiger partial charge is 0.388 e. The molecular weight excluding hydrogens is 240 g/mol. The number of thiophene rings is 1. The number of aliphatic hydroxyl groups excluding tert-OH is 1. The Bertz CT molecular complexity index is 401. The molecule has 1 aromatic rings. The van der Waals surface area contributed by atoms with Crippen LogP contribution in [0.15, 0.2) is 6.07 Å². The highest BCUT2D eigenvalue weighted by Gasteiger charge is 2.25. The van der Waals surface area contributed by atoms with Crippen molar-refractivity contribution in [1.29, 1.82) is 0 Å². The maximum Gasteiger partial charge on any atom is 0.304 e. The summed E-state index contributed by atoms with van der Waals surface area (Å²) < 4.78 is 0. The van der Waals surface area contributed by atoms with Gasteiger partial charge in [0.15, 0.2) is 5.00 Å². The molecule has 1 rings (SSSR count). The van der Waals surface area contributed by atoms with E-state index in [1.165, 1.54) is 17.4 Å². The Morgan fingerprint density at radius 1 is 1.53 bits per heavy atom. The van der Waals surface area contributed by atoms with Crippen LogP contribution in [0.4, 0.5) is 10.7 Å². The van der Waals surface area contributed by atoms with Crippen molar-refractivity contribution in [2.75, 3.05) is 11.4 Å². The first-order valence-corrected chi connectivity index (χ1v) is 6.42. The molecule has 1 atom stereocenters. The van der Waals surface area contributed by atoms with Gasteiger partial charge >= 0.3 is 5.69 Å². The summed E-state index contributed by atoms with van der Waals surface area (Å²) in [5, 5.41) is 21.1. The Morgan fingerprint density at radius 2 is 2.12 bits per heavy atom. The molecule has 0 unspecified atom stereocenters. The van der Waals surface area contributed by atoms with Crippen LogP contribution >= 0.6 is 11.3 Å². The van der Waals surface area contributed by atoms with Crippen LogP contribution in [0.3, 0.4) is 0 Å². The third-order valence-corrected chi connectivity index (χ3v) is 3.88. The molecule has 0 aliphatic heterocycles. The average Bonchev–Trinajstić information content (AvgIpc) is 2.63. The Hall–Kier alpha value is -1.14. The van der Waals surface area contributed by atoms with Crippen molar-refractivity contribution in [2.24, 2.45) is 0 Å². The normalized spacial score (nSPS) is 12.8. The monoisotopic (exact) mass is 258 g/mol. The fourth-order valence-electron chi connectivity index (χ4n) is 1.68. The quantitative estimate of drug-likeness (QED) is 0.651. The standard InChI is InChI=1S/C11H18N2O3S/c1-5-12(7(2)3)11-9(13(15)16)6-10(17-11)8(4)14/h6-8,14H,5H2,1-4H3/t8-/m1/s1. The number of anilines is 1. The second-order valence-corrected chi connectivity index (χ2v) is 5.21. The van der Waals surface area contributed by atoms with Crippen molar-refractivity contribution >= 4 is 22.0 Å². The molecule has 1 heterocycles. The molecule has 0 spiro atoms. The summed E-state index contributed by atoms with van der Waals surface area (Å²) in [5.74, 6) is 0. The lowest BCUT2D eigenvalue weighted by molar-refractivity contribution is -0.383. The van der Waals surface area contributed by atoms with E-state index in [0.29, 0.717) is 16.4 Å². The summed E-state index contributed by atoms with van der Waals surface area (Å²) in [6.07, 6.45) is -0.668. The molecule has 0 amide bonds. The number of aliphatic hydroxyl groups is 1. The molecule has 1 N–H and O–H groups in total. The van der Waals surface area contributed by atoms with Gasteiger partial charge in [0, 0.05) is 23.5 Å². The van der Waals surface area contributed by atoms with Crippen molar-refractivity contribution in [1.82, 2.24) is 0 Å². The lowest BCUT2D eigenvalue weighted by Crippen LogP contribution is -2.29. The summed E-state index contributed by atoms with van der Waals surface area (Å²) in [5.41, 5.74) is 0.0847. The van der Waals surface area contributed by atoms with E-state index in [4.69, 9.17) is 0 Å². The predicted molar refractivity (Wildman–Crippen MR) is 69.8 cm³/mol. The lowest BCUT2D eigenvalue weighted by atomic mass is 10.3. The zero-order chi connectivity index (χ0) is 13.2. The zero-order valence-corrected chi connectivity index (χ0v) is 11.3. The molecule has 0 aliphatic rings. The minimum absolute atomic E-state index is 0.0847. The first-order chi connectivity index (χ1) is 7.88. The maximum atomic E-state index is 11.0. The molecule has 0 bridgehead atoms. The molecule has 96 valence electrons. The predicted octanol–water partition coefficient (Wildman–Crippen LogP) is 2.94. The summed E-state index contributed by atoms with van der Waals surface area (Å²) in [4.78, 5) is 13.2. The fraction of sp³-hybridized carbons (Fsp3) is 0.636. The second kappa shape index (κ2) is 5.46. The van der Waals surface area contributed by atoms with Gasteiger partial charge in [0.25, 0.3) is 0 Å². The number of nitro groups is 1. The van der Waals surface area contributed by atoms with Gasteiger partial charge in [-0.05, 0) is 27.7 Å². The van der Waals surface area contributed by atoms with Crippen molar-refractivity contribution in [3.05, 3.63) is 21.1 Å². The van der Waals surface area contributed by atoms with Crippen molar-refractivity contribution in [3.63, 3.8) is 0 Å². The van der Waals surface area contributed by atoms with Crippen LogP contribution in [-0.4, -0.2) is 22.6 Å². The van der Waals surface area contributed by atoms with Crippen LogP contribution in [0.2, 0.25) is 0 Å². The van der Waals surface area contributed by atoms with E-state index < -0.39 is 6.10 Å². The number of hydrogen-bond acceptors (Lipinski definition) is 5. The average molecular weight is 258 g/mol. The fourth-order valence-corrected chi connectivity index (χ4v) is 2.94. The van der Waals surface area contributed by atoms with Crippen molar-refractivity contribution in [3.8, 4) is 0 Å². The van der Waals surface area contributed by atoms with E-state index in [-0.39, 0.29) is 16.7 Å². The smallest absolute Gasteiger partial charge is 0.304 e. The van der Waals surface area contributed by atoms with E-state index in [9.17, 15) is 15.2 Å². The lowest BCUT2D eigenvalue weighted by Gasteiger charge is -2.24. The molecule has 17 heavy (non-hydrogen) atoms. The van der Waals surface area contributed by atoms with Crippen molar-refractivity contribution in [2.45, 2.75) is 39.8 Å². The Labute approximate surface area is 105 Å². The zero-order valence-electron chi connectivity index (χ0n) is 10.5. The van der Waals surface area contributed by atoms with Gasteiger partial charge in [-0.2, -0.15) is 0 Å². The molecule has 0 aliphatic carbocycles. The Balaban J connectivity index is 3.24. The topological polar surface area (TPSA) is 66.6 Å². The first-order valence-electron chi connectivity index (χ1n) is 5.61. The SMILES string of the molecule is CCN(c1sc([C@@H](C)O)cc1[N+](=O)[O-])C(C)C. The first kappa shape index (κ1) is 13.9. The minimum Gasteiger partial charge on any atom is -0.388 e. The Morgan fingerprint density at radius 3 is 2.47 bits per heavy atom. The molecule has 0 aromatic carbocycles. The summed E-state index contributed by atoms with van der Waals surface area (Å²) in [6, 6.07) is 1.66. The second-order valence-electron chi connectivity index (χ2n) is 4.15. The molecule has 1 aromatic heterocycles. The molecular formula is C11H18N2O3S. The van der Waals surface area contributed by atoms with E-state index in [2.05, 4.69) is 0 Å². The van der Waals surface area contributed by atoms with E-state index in [0.717, 1.165) is 0 Å². The van der Waals surface area contributed by atoms with Gasteiger partial charge in [0.2, 0.25) is 0 Å². The minimum atomic E-state index is -0.668. The molecule has 0 fully saturated rings. The van der Waals surface area contributed by atoms with Crippen LogP contribution in [-0.2, 0) is 0 Å². The summed E-state index contributed by atoms with van der Waals surface area (Å²) >= 11 is 1.29. The molecule has 0 saturated carbocycles. The van der Waals surface area contributed by atoms with Crippen LogP contribution in [0, 0.1) is 10.1 Å². The molecule has 5 nitrogen and oxygen atoms in total. The number of nitrogens with zero attached hydrogens (tertiary/aromatic N) is 2. The summed E-state index contributed by atoms with van der Waals surface area (Å²) in [6.45, 7) is 8.28. The van der Waals surface area contributed by atoms with Crippen LogP contribution in [0.1, 0.15) is 38.7 Å². The molecule has 0 radical (unpaired) electrons. The van der Waals surface area contributed by atoms with Gasteiger partial charge in [-0.3, -0.25) is 10.1 Å². The highest BCUT2D eigenvalue weighted by Crippen LogP contribution is 2.40. The van der Waals surface area contributed by atoms with Crippen LogP contribution in [0.5, 0.6) is 0 Å². The van der Waals surface area contributed by atoms with Gasteiger partial charge in [0.1, 0.15) is 0 Å². The third kappa shape index (κ3) is 2.95. The molecule has 0 saturated heterocycles. The van der Waals surface area contributed by atoms with Gasteiger partial charge in [-0.1, -0.05) is 0 Å². The molecule has 6 heteroatoms. The maximum absolute atomic E-state index is 11.0. The van der Waals surface area contributed by atoms with Crippen LogP contribution in [0.25, 0.3) is 0 Å². The third-order valence-electron chi connectivity index (χ3n) is 2.55.